The van der Waals surface area contributed by atoms with Gasteiger partial charge in [-0.05, 0) is 30.9 Å². The highest BCUT2D eigenvalue weighted by Crippen LogP contribution is 2.20. The lowest BCUT2D eigenvalue weighted by Crippen LogP contribution is -2.12. The molecule has 0 aliphatic rings. The van der Waals surface area contributed by atoms with Crippen LogP contribution in [-0.4, -0.2) is 31.3 Å². The first-order chi connectivity index (χ1) is 9.24. The Morgan fingerprint density at radius 2 is 2.11 bits per heavy atom. The molecule has 0 radical (unpaired) electrons. The van der Waals surface area contributed by atoms with Crippen LogP contribution in [0.1, 0.15) is 33.6 Å². The van der Waals surface area contributed by atoms with E-state index in [2.05, 4.69) is 31.1 Å². The minimum Gasteiger partial charge on any atom is -0.490 e. The molecule has 4 heteroatoms. The van der Waals surface area contributed by atoms with Gasteiger partial charge in [-0.3, -0.25) is 0 Å². The predicted molar refractivity (Wildman–Crippen MR) is 78.8 cm³/mol. The fourth-order valence-corrected chi connectivity index (χ4v) is 1.51. The first-order valence-electron chi connectivity index (χ1n) is 7.13. The molecule has 0 atom stereocenters. The molecular formula is C15H26N2O2. The van der Waals surface area contributed by atoms with Crippen molar-refractivity contribution in [2.45, 2.75) is 33.6 Å². The van der Waals surface area contributed by atoms with Crippen LogP contribution in [0.4, 0.5) is 5.82 Å². The van der Waals surface area contributed by atoms with Crippen LogP contribution in [0.2, 0.25) is 0 Å². The molecule has 1 N–H and O–H groups in total. The standard InChI is InChI=1S/C15H26N2O2/c1-4-10-19-14-6-5-8-16-15(14)17-9-12-18-11-7-13(2)3/h5-6,8,13H,4,7,9-12H2,1-3H3,(H,16,17). The summed E-state index contributed by atoms with van der Waals surface area (Å²) in [7, 11) is 0. The summed E-state index contributed by atoms with van der Waals surface area (Å²) in [5, 5.41) is 3.25. The molecule has 0 fully saturated rings. The SMILES string of the molecule is CCCOc1cccnc1NCCOCCC(C)C. The summed E-state index contributed by atoms with van der Waals surface area (Å²) in [6.45, 7) is 9.46. The average Bonchev–Trinajstić information content (AvgIpc) is 2.41. The van der Waals surface area contributed by atoms with Crippen LogP contribution in [0, 0.1) is 5.92 Å². The fraction of sp³-hybridized carbons (Fsp3) is 0.667. The Morgan fingerprint density at radius 1 is 1.26 bits per heavy atom. The number of hydrogen-bond acceptors (Lipinski definition) is 4. The first kappa shape index (κ1) is 15.8. The molecule has 0 aliphatic heterocycles. The van der Waals surface area contributed by atoms with Gasteiger partial charge in [0.2, 0.25) is 0 Å². The highest BCUT2D eigenvalue weighted by molar-refractivity contribution is 5.49. The van der Waals surface area contributed by atoms with Gasteiger partial charge >= 0.3 is 0 Å². The van der Waals surface area contributed by atoms with Crippen molar-refractivity contribution in [3.8, 4) is 5.75 Å². The quantitative estimate of drug-likeness (QED) is 0.660. The second kappa shape index (κ2) is 9.62. The van der Waals surface area contributed by atoms with Crippen molar-refractivity contribution in [2.24, 2.45) is 5.92 Å². The van der Waals surface area contributed by atoms with Gasteiger partial charge in [0.25, 0.3) is 0 Å². The topological polar surface area (TPSA) is 43.4 Å². The van der Waals surface area contributed by atoms with Gasteiger partial charge in [0, 0.05) is 19.3 Å². The minimum atomic E-state index is 0.691. The third kappa shape index (κ3) is 7.01. The number of aromatic nitrogens is 1. The van der Waals surface area contributed by atoms with E-state index in [9.17, 15) is 0 Å². The summed E-state index contributed by atoms with van der Waals surface area (Å²) in [5.74, 6) is 2.30. The normalized spacial score (nSPS) is 10.7. The van der Waals surface area contributed by atoms with Crippen LogP contribution >= 0.6 is 0 Å². The molecule has 1 aromatic rings. The number of ether oxygens (including phenoxy) is 2. The number of rotatable bonds is 10. The molecule has 0 unspecified atom stereocenters. The summed E-state index contributed by atoms with van der Waals surface area (Å²) in [6.07, 6.45) is 3.86. The zero-order valence-corrected chi connectivity index (χ0v) is 12.3. The van der Waals surface area contributed by atoms with E-state index in [1.165, 1.54) is 0 Å². The summed E-state index contributed by atoms with van der Waals surface area (Å²) in [4.78, 5) is 4.29. The van der Waals surface area contributed by atoms with Gasteiger partial charge in [-0.1, -0.05) is 20.8 Å². The van der Waals surface area contributed by atoms with Gasteiger partial charge in [-0.2, -0.15) is 0 Å². The number of pyridine rings is 1. The zero-order valence-electron chi connectivity index (χ0n) is 12.3. The van der Waals surface area contributed by atoms with Gasteiger partial charge in [-0.25, -0.2) is 4.98 Å². The Hall–Kier alpha value is -1.29. The molecule has 0 spiro atoms. The largest absolute Gasteiger partial charge is 0.490 e. The van der Waals surface area contributed by atoms with E-state index in [0.717, 1.165) is 37.6 Å². The van der Waals surface area contributed by atoms with E-state index in [1.54, 1.807) is 6.20 Å². The lowest BCUT2D eigenvalue weighted by molar-refractivity contribution is 0.132. The van der Waals surface area contributed by atoms with Crippen LogP contribution in [0.3, 0.4) is 0 Å². The highest BCUT2D eigenvalue weighted by atomic mass is 16.5. The molecule has 19 heavy (non-hydrogen) atoms. The molecule has 0 saturated heterocycles. The van der Waals surface area contributed by atoms with Crippen LogP contribution < -0.4 is 10.1 Å². The third-order valence-electron chi connectivity index (χ3n) is 2.61. The Kier molecular flexibility index (Phi) is 7.98. The molecule has 0 aromatic carbocycles. The van der Waals surface area contributed by atoms with Crippen LogP contribution in [0.5, 0.6) is 5.75 Å². The maximum Gasteiger partial charge on any atom is 0.168 e. The van der Waals surface area contributed by atoms with Crippen LogP contribution in [0.15, 0.2) is 18.3 Å². The lowest BCUT2D eigenvalue weighted by Gasteiger charge is -2.12. The van der Waals surface area contributed by atoms with Crippen molar-refractivity contribution in [2.75, 3.05) is 31.7 Å². The van der Waals surface area contributed by atoms with Crippen molar-refractivity contribution < 1.29 is 9.47 Å². The predicted octanol–water partition coefficient (Wildman–Crippen LogP) is 3.35. The molecule has 1 heterocycles. The third-order valence-corrected chi connectivity index (χ3v) is 2.61. The van der Waals surface area contributed by atoms with Crippen molar-refractivity contribution in [1.29, 1.82) is 0 Å². The van der Waals surface area contributed by atoms with E-state index in [1.807, 2.05) is 12.1 Å². The summed E-state index contributed by atoms with van der Waals surface area (Å²) in [5.41, 5.74) is 0. The minimum absolute atomic E-state index is 0.691. The van der Waals surface area contributed by atoms with Gasteiger partial charge in [-0.15, -0.1) is 0 Å². The number of nitrogens with one attached hydrogen (secondary N) is 1. The lowest BCUT2D eigenvalue weighted by atomic mass is 10.1. The second-order valence-electron chi connectivity index (χ2n) is 4.92. The van der Waals surface area contributed by atoms with Crippen molar-refractivity contribution in [1.82, 2.24) is 4.98 Å². The maximum atomic E-state index is 5.63. The number of nitrogens with zero attached hydrogens (tertiary/aromatic N) is 1. The maximum absolute atomic E-state index is 5.63. The molecule has 1 rings (SSSR count). The molecule has 108 valence electrons. The van der Waals surface area contributed by atoms with Crippen molar-refractivity contribution in [3.63, 3.8) is 0 Å². The first-order valence-corrected chi connectivity index (χ1v) is 7.13. The van der Waals surface area contributed by atoms with Crippen LogP contribution in [0.25, 0.3) is 0 Å². The monoisotopic (exact) mass is 266 g/mol. The van der Waals surface area contributed by atoms with Gasteiger partial charge < -0.3 is 14.8 Å². The Balaban J connectivity index is 2.24. The highest BCUT2D eigenvalue weighted by Gasteiger charge is 2.03. The van der Waals surface area contributed by atoms with Gasteiger partial charge in [0.15, 0.2) is 11.6 Å². The Bertz CT molecular complexity index is 343. The summed E-state index contributed by atoms with van der Waals surface area (Å²) >= 11 is 0. The second-order valence-corrected chi connectivity index (χ2v) is 4.92. The molecule has 0 bridgehead atoms. The van der Waals surface area contributed by atoms with E-state index in [-0.39, 0.29) is 0 Å². The number of anilines is 1. The smallest absolute Gasteiger partial charge is 0.168 e. The Labute approximate surface area is 116 Å². The Morgan fingerprint density at radius 3 is 2.84 bits per heavy atom. The molecule has 1 aromatic heterocycles. The molecular weight excluding hydrogens is 240 g/mol. The molecule has 0 amide bonds. The fourth-order valence-electron chi connectivity index (χ4n) is 1.51. The van der Waals surface area contributed by atoms with Crippen molar-refractivity contribution >= 4 is 5.82 Å². The van der Waals surface area contributed by atoms with E-state index < -0.39 is 0 Å². The van der Waals surface area contributed by atoms with E-state index in [4.69, 9.17) is 9.47 Å². The molecule has 4 nitrogen and oxygen atoms in total. The van der Waals surface area contributed by atoms with Crippen molar-refractivity contribution in [3.05, 3.63) is 18.3 Å². The number of hydrogen-bond donors (Lipinski definition) is 1. The summed E-state index contributed by atoms with van der Waals surface area (Å²) < 4.78 is 11.2. The van der Waals surface area contributed by atoms with E-state index in [0.29, 0.717) is 19.1 Å². The molecule has 0 aliphatic carbocycles. The van der Waals surface area contributed by atoms with E-state index >= 15 is 0 Å². The van der Waals surface area contributed by atoms with Gasteiger partial charge in [0.1, 0.15) is 0 Å². The average molecular weight is 266 g/mol. The summed E-state index contributed by atoms with van der Waals surface area (Å²) in [6, 6.07) is 3.82. The van der Waals surface area contributed by atoms with Crippen LogP contribution in [-0.2, 0) is 4.74 Å². The molecule has 0 saturated carbocycles. The zero-order chi connectivity index (χ0) is 13.9. The van der Waals surface area contributed by atoms with Gasteiger partial charge in [0.05, 0.1) is 13.2 Å².